The Morgan fingerprint density at radius 3 is 1.52 bits per heavy atom. The van der Waals surface area contributed by atoms with Crippen LogP contribution in [0.2, 0.25) is 0 Å². The molecular formula is C18H27ClO7S. The maximum absolute atomic E-state index is 11.9. The highest BCUT2D eigenvalue weighted by Gasteiger charge is 2.07. The summed E-state index contributed by atoms with van der Waals surface area (Å²) in [5, 5.41) is 0. The number of ether oxygens (including phenoxy) is 6. The van der Waals surface area contributed by atoms with E-state index in [9.17, 15) is 4.21 Å². The van der Waals surface area contributed by atoms with Crippen molar-refractivity contribution in [1.29, 1.82) is 0 Å². The lowest BCUT2D eigenvalue weighted by atomic mass is 10.6. The van der Waals surface area contributed by atoms with Gasteiger partial charge in [-0.3, -0.25) is 4.21 Å². The van der Waals surface area contributed by atoms with Crippen LogP contribution >= 0.6 is 11.6 Å². The van der Waals surface area contributed by atoms with E-state index in [4.69, 9.17) is 40.0 Å². The summed E-state index contributed by atoms with van der Waals surface area (Å²) in [5.41, 5.74) is 0. The molecule has 0 radical (unpaired) electrons. The zero-order chi connectivity index (χ0) is 19.4. The quantitative estimate of drug-likeness (QED) is 0.414. The van der Waals surface area contributed by atoms with Gasteiger partial charge in [0.15, 0.2) is 4.71 Å². The second kappa shape index (κ2) is 18.7. The van der Waals surface area contributed by atoms with Gasteiger partial charge in [-0.15, -0.1) is 0 Å². The molecule has 0 fully saturated rings. The van der Waals surface area contributed by atoms with Gasteiger partial charge in [-0.05, 0) is 0 Å². The van der Waals surface area contributed by atoms with Crippen LogP contribution in [0.25, 0.3) is 0 Å². The molecule has 0 aliphatic carbocycles. The number of hydrogen-bond acceptors (Lipinski definition) is 7. The van der Waals surface area contributed by atoms with Gasteiger partial charge < -0.3 is 28.4 Å². The molecule has 0 saturated carbocycles. The number of rotatable bonds is 0. The fourth-order valence-corrected chi connectivity index (χ4v) is 2.55. The smallest absolute Gasteiger partial charge is 0.170 e. The molecule has 2 atom stereocenters. The minimum absolute atomic E-state index is 0.150. The molecule has 0 aromatic heterocycles. The minimum atomic E-state index is -1.35. The van der Waals surface area contributed by atoms with Gasteiger partial charge in [-0.2, -0.15) is 0 Å². The average molecular weight is 423 g/mol. The Hall–Kier alpha value is -0.680. The van der Waals surface area contributed by atoms with Crippen molar-refractivity contribution in [3.63, 3.8) is 0 Å². The molecule has 0 amide bonds. The van der Waals surface area contributed by atoms with Crippen LogP contribution in [-0.2, 0) is 39.2 Å². The van der Waals surface area contributed by atoms with Crippen LogP contribution in [0.5, 0.6) is 0 Å². The predicted molar refractivity (Wildman–Crippen MR) is 103 cm³/mol. The number of alkyl halides is 1. The van der Waals surface area contributed by atoms with E-state index in [1.807, 2.05) is 0 Å². The molecule has 0 saturated heterocycles. The molecule has 0 aromatic carbocycles. The van der Waals surface area contributed by atoms with Gasteiger partial charge >= 0.3 is 0 Å². The van der Waals surface area contributed by atoms with Crippen LogP contribution in [0.3, 0.4) is 0 Å². The molecule has 1 aliphatic heterocycles. The number of halogens is 1. The molecule has 0 aromatic rings. The van der Waals surface area contributed by atoms with Crippen LogP contribution in [0.1, 0.15) is 0 Å². The first kappa shape index (κ1) is 24.4. The van der Waals surface area contributed by atoms with Gasteiger partial charge in [0.1, 0.15) is 13.2 Å². The third-order valence-electron chi connectivity index (χ3n) is 2.99. The molecule has 1 aliphatic rings. The summed E-state index contributed by atoms with van der Waals surface area (Å²) < 4.78 is 43.2. The average Bonchev–Trinajstić information content (AvgIpc) is 2.67. The summed E-state index contributed by atoms with van der Waals surface area (Å²) >= 11 is 5.96. The molecule has 154 valence electrons. The normalized spacial score (nSPS) is 26.3. The first-order chi connectivity index (χ1) is 13.3. The largest absolute Gasteiger partial charge is 0.377 e. The topological polar surface area (TPSA) is 72.5 Å². The van der Waals surface area contributed by atoms with Crippen LogP contribution in [0, 0.1) is 23.7 Å². The molecule has 0 spiro atoms. The first-order valence-corrected chi connectivity index (χ1v) is 10.5. The summed E-state index contributed by atoms with van der Waals surface area (Å²) in [6, 6.07) is 0. The van der Waals surface area contributed by atoms with Crippen molar-refractivity contribution < 1.29 is 32.6 Å². The lowest BCUT2D eigenvalue weighted by Gasteiger charge is -2.07. The van der Waals surface area contributed by atoms with Gasteiger partial charge in [0.05, 0.1) is 82.6 Å². The van der Waals surface area contributed by atoms with E-state index in [1.165, 1.54) is 0 Å². The SMILES string of the molecule is O=S1CC#CCOCCOCCOCCOCCOCCOCC#CC1Cl. The molecule has 7 nitrogen and oxygen atoms in total. The van der Waals surface area contributed by atoms with Gasteiger partial charge in [0.25, 0.3) is 0 Å². The van der Waals surface area contributed by atoms with Crippen LogP contribution in [0.15, 0.2) is 0 Å². The summed E-state index contributed by atoms with van der Waals surface area (Å²) in [7, 11) is -1.35. The Morgan fingerprint density at radius 1 is 0.630 bits per heavy atom. The molecule has 1 rings (SSSR count). The number of hydrogen-bond donors (Lipinski definition) is 0. The van der Waals surface area contributed by atoms with Crippen molar-refractivity contribution in [1.82, 2.24) is 0 Å². The highest BCUT2D eigenvalue weighted by molar-refractivity contribution is 7.87. The molecule has 0 bridgehead atoms. The van der Waals surface area contributed by atoms with Crippen molar-refractivity contribution >= 4 is 22.4 Å². The molecular weight excluding hydrogens is 396 g/mol. The van der Waals surface area contributed by atoms with Crippen LogP contribution in [0.4, 0.5) is 0 Å². The van der Waals surface area contributed by atoms with E-state index in [-0.39, 0.29) is 19.0 Å². The third kappa shape index (κ3) is 16.0. The van der Waals surface area contributed by atoms with Crippen LogP contribution < -0.4 is 0 Å². The Balaban J connectivity index is 2.29. The molecule has 0 N–H and O–H groups in total. The highest BCUT2D eigenvalue weighted by atomic mass is 35.5. The van der Waals surface area contributed by atoms with Crippen molar-refractivity contribution in [2.75, 3.05) is 85.0 Å². The Labute approximate surface area is 168 Å². The van der Waals surface area contributed by atoms with Crippen LogP contribution in [-0.4, -0.2) is 94.0 Å². The van der Waals surface area contributed by atoms with E-state index in [0.29, 0.717) is 66.1 Å². The lowest BCUT2D eigenvalue weighted by molar-refractivity contribution is -0.0142. The van der Waals surface area contributed by atoms with Crippen molar-refractivity contribution in [3.8, 4) is 23.7 Å². The van der Waals surface area contributed by atoms with E-state index < -0.39 is 15.5 Å². The fourth-order valence-electron chi connectivity index (χ4n) is 1.68. The predicted octanol–water partition coefficient (Wildman–Crippen LogP) is 0.420. The monoisotopic (exact) mass is 422 g/mol. The summed E-state index contributed by atoms with van der Waals surface area (Å²) in [4.78, 5) is 0. The van der Waals surface area contributed by atoms with E-state index in [1.54, 1.807) is 0 Å². The lowest BCUT2D eigenvalue weighted by Crippen LogP contribution is -2.14. The zero-order valence-corrected chi connectivity index (χ0v) is 17.0. The maximum atomic E-state index is 11.9. The highest BCUT2D eigenvalue weighted by Crippen LogP contribution is 2.00. The van der Waals surface area contributed by atoms with E-state index in [2.05, 4.69) is 23.7 Å². The van der Waals surface area contributed by atoms with Gasteiger partial charge in [-0.25, -0.2) is 0 Å². The second-order valence-corrected chi connectivity index (χ2v) is 7.29. The summed E-state index contributed by atoms with van der Waals surface area (Å²) in [6.07, 6.45) is 0. The van der Waals surface area contributed by atoms with Crippen molar-refractivity contribution in [3.05, 3.63) is 0 Å². The Morgan fingerprint density at radius 2 is 1.04 bits per heavy atom. The Bertz CT molecular complexity index is 509. The zero-order valence-electron chi connectivity index (χ0n) is 15.4. The molecule has 2 unspecified atom stereocenters. The maximum Gasteiger partial charge on any atom is 0.170 e. The van der Waals surface area contributed by atoms with Crippen molar-refractivity contribution in [2.45, 2.75) is 4.71 Å². The minimum Gasteiger partial charge on any atom is -0.377 e. The summed E-state index contributed by atoms with van der Waals surface area (Å²) in [6.45, 7) is 5.24. The molecule has 27 heavy (non-hydrogen) atoms. The van der Waals surface area contributed by atoms with E-state index in [0.717, 1.165) is 0 Å². The van der Waals surface area contributed by atoms with Gasteiger partial charge in [0.2, 0.25) is 0 Å². The fraction of sp³-hybridized carbons (Fsp3) is 0.778. The molecule has 9 heteroatoms. The molecule has 1 heterocycles. The van der Waals surface area contributed by atoms with Crippen molar-refractivity contribution in [2.24, 2.45) is 0 Å². The second-order valence-electron chi connectivity index (χ2n) is 5.07. The summed E-state index contributed by atoms with van der Waals surface area (Å²) in [5.74, 6) is 11.1. The van der Waals surface area contributed by atoms with Gasteiger partial charge in [-0.1, -0.05) is 35.3 Å². The standard InChI is InChI=1S/C18H27ClO7S/c19-18-4-3-6-22-8-10-24-12-14-26-16-15-25-13-11-23-9-7-21-5-1-2-17-27(18)20/h18H,5-17H2. The van der Waals surface area contributed by atoms with Gasteiger partial charge in [0, 0.05) is 0 Å². The Kier molecular flexibility index (Phi) is 16.8. The third-order valence-corrected chi connectivity index (χ3v) is 4.71. The van der Waals surface area contributed by atoms with E-state index >= 15 is 0 Å². The first-order valence-electron chi connectivity index (χ1n) is 8.72.